The second kappa shape index (κ2) is 11.1. The monoisotopic (exact) mass is 625 g/mol. The van der Waals surface area contributed by atoms with Crippen molar-refractivity contribution in [2.24, 2.45) is 18.2 Å². The Morgan fingerprint density at radius 3 is 2.71 bits per heavy atom. The van der Waals surface area contributed by atoms with E-state index in [1.807, 2.05) is 5.38 Å². The third-order valence-corrected chi connectivity index (χ3v) is 11.0. The fraction of sp³-hybridized carbons (Fsp3) is 0.379. The van der Waals surface area contributed by atoms with E-state index < -0.39 is 11.5 Å². The highest BCUT2D eigenvalue weighted by molar-refractivity contribution is 7.99. The Labute approximate surface area is 256 Å². The average Bonchev–Trinajstić information content (AvgIpc) is 3.72. The van der Waals surface area contributed by atoms with Crippen molar-refractivity contribution in [2.75, 3.05) is 35.6 Å². The molecule has 0 atom stereocenters. The minimum absolute atomic E-state index is 0.143. The number of aromatic nitrogens is 3. The number of fused-ring (bicyclic) bond motifs is 1. The van der Waals surface area contributed by atoms with Crippen molar-refractivity contribution >= 4 is 68.1 Å². The number of nitrogens with zero attached hydrogens (tertiary/aromatic N) is 4. The molecule has 3 aromatic heterocycles. The maximum Gasteiger partial charge on any atom is 0.268 e. The lowest BCUT2D eigenvalue weighted by Gasteiger charge is -2.39. The van der Waals surface area contributed by atoms with E-state index in [1.54, 1.807) is 31.4 Å². The number of nitrogens with one attached hydrogen (secondary N) is 1. The van der Waals surface area contributed by atoms with Crippen LogP contribution in [0.4, 0.5) is 17.3 Å². The summed E-state index contributed by atoms with van der Waals surface area (Å²) in [6.07, 6.45) is 5.71. The van der Waals surface area contributed by atoms with E-state index >= 15 is 0 Å². The zero-order valence-electron chi connectivity index (χ0n) is 23.3. The number of nitrogens with two attached hydrogens (primary N) is 2. The maximum atomic E-state index is 13.4. The molecule has 1 aliphatic carbocycles. The number of carbonyl (C=O) groups is 1. The quantitative estimate of drug-likeness (QED) is 0.218. The normalized spacial score (nSPS) is 16.6. The standard InChI is InChI=1S/C29H32ClN7O3S2/c1-29(14-31)8-10-37(11-9-29)19-12-33-26(24(32)35-19)42-18-5-3-4-17(22(18)30)34-25(39)21-23(38)20-16(15-6-7-15)13-41-28(20)36(2)27(21)40/h3-5,12-13,15,38H,6-11,14,31H2,1-2H3,(H2,32,35)(H,34,39). The van der Waals surface area contributed by atoms with Crippen LogP contribution in [0.2, 0.25) is 5.02 Å². The van der Waals surface area contributed by atoms with Crippen LogP contribution in [0.5, 0.6) is 5.75 Å². The topological polar surface area (TPSA) is 152 Å². The number of aromatic hydroxyl groups is 1. The van der Waals surface area contributed by atoms with Gasteiger partial charge in [-0.25, -0.2) is 9.97 Å². The Balaban J connectivity index is 1.22. The third kappa shape index (κ3) is 5.21. The molecule has 13 heteroatoms. The van der Waals surface area contributed by atoms with Gasteiger partial charge < -0.3 is 31.4 Å². The van der Waals surface area contributed by atoms with Crippen molar-refractivity contribution in [3.8, 4) is 5.75 Å². The van der Waals surface area contributed by atoms with Gasteiger partial charge in [-0.2, -0.15) is 0 Å². The Hall–Kier alpha value is -3.32. The van der Waals surface area contributed by atoms with E-state index in [-0.39, 0.29) is 27.6 Å². The minimum atomic E-state index is -0.733. The van der Waals surface area contributed by atoms with E-state index in [4.69, 9.17) is 23.1 Å². The molecule has 10 nitrogen and oxygen atoms in total. The first-order chi connectivity index (χ1) is 20.1. The summed E-state index contributed by atoms with van der Waals surface area (Å²) in [7, 11) is 1.61. The molecular weight excluding hydrogens is 594 g/mol. The number of piperidine rings is 1. The summed E-state index contributed by atoms with van der Waals surface area (Å²) in [5.41, 5.74) is 12.8. The molecular formula is C29H32ClN7O3S2. The minimum Gasteiger partial charge on any atom is -0.506 e. The molecule has 1 saturated carbocycles. The van der Waals surface area contributed by atoms with Crippen molar-refractivity contribution in [3.63, 3.8) is 0 Å². The molecule has 0 spiro atoms. The third-order valence-electron chi connectivity index (χ3n) is 8.30. The van der Waals surface area contributed by atoms with Gasteiger partial charge in [-0.15, -0.1) is 11.3 Å². The molecule has 0 radical (unpaired) electrons. The molecule has 0 bridgehead atoms. The summed E-state index contributed by atoms with van der Waals surface area (Å²) < 4.78 is 1.42. The number of hydrogen-bond donors (Lipinski definition) is 4. The van der Waals surface area contributed by atoms with E-state index in [9.17, 15) is 14.7 Å². The number of thiophene rings is 1. The summed E-state index contributed by atoms with van der Waals surface area (Å²) in [5.74, 6) is 0.316. The molecule has 1 saturated heterocycles. The van der Waals surface area contributed by atoms with E-state index in [1.165, 1.54) is 27.7 Å². The van der Waals surface area contributed by atoms with Gasteiger partial charge in [0.25, 0.3) is 11.5 Å². The number of aryl methyl sites for hydroxylation is 1. The Kier molecular flexibility index (Phi) is 7.58. The summed E-state index contributed by atoms with van der Waals surface area (Å²) in [6.45, 7) is 4.54. The molecule has 0 unspecified atom stereocenters. The number of anilines is 3. The molecule has 1 aliphatic heterocycles. The van der Waals surface area contributed by atoms with Gasteiger partial charge in [0.2, 0.25) is 0 Å². The first kappa shape index (κ1) is 28.8. The van der Waals surface area contributed by atoms with Gasteiger partial charge in [0.05, 0.1) is 22.3 Å². The van der Waals surface area contributed by atoms with Crippen LogP contribution in [0.1, 0.15) is 54.4 Å². The van der Waals surface area contributed by atoms with Crippen LogP contribution in [0.3, 0.4) is 0 Å². The van der Waals surface area contributed by atoms with Crippen LogP contribution in [0.15, 0.2) is 44.5 Å². The van der Waals surface area contributed by atoms with Gasteiger partial charge in [0.1, 0.15) is 27.0 Å². The van der Waals surface area contributed by atoms with Crippen LogP contribution >= 0.6 is 34.7 Å². The highest BCUT2D eigenvalue weighted by Gasteiger charge is 2.32. The van der Waals surface area contributed by atoms with Gasteiger partial charge >= 0.3 is 0 Å². The van der Waals surface area contributed by atoms with Gasteiger partial charge in [-0.3, -0.25) is 9.59 Å². The van der Waals surface area contributed by atoms with Crippen molar-refractivity contribution in [2.45, 2.75) is 48.4 Å². The summed E-state index contributed by atoms with van der Waals surface area (Å²) in [4.78, 5) is 39.1. The summed E-state index contributed by atoms with van der Waals surface area (Å²) in [6, 6.07) is 5.15. The predicted molar refractivity (Wildman–Crippen MR) is 169 cm³/mol. The molecule has 4 aromatic rings. The Morgan fingerprint density at radius 1 is 1.31 bits per heavy atom. The Bertz CT molecular complexity index is 1760. The number of rotatable bonds is 7. The SMILES string of the molecule is Cn1c(=O)c(C(=O)Nc2cccc(Sc3ncc(N4CCC(C)(CN)CC4)nc3N)c2Cl)c(O)c2c(C3CC3)csc21. The number of benzene rings is 1. The van der Waals surface area contributed by atoms with E-state index in [0.29, 0.717) is 38.3 Å². The first-order valence-corrected chi connectivity index (χ1v) is 15.9. The molecule has 1 amide bonds. The van der Waals surface area contributed by atoms with Crippen LogP contribution in [0, 0.1) is 5.41 Å². The van der Waals surface area contributed by atoms with Crippen molar-refractivity contribution in [3.05, 3.63) is 56.3 Å². The summed E-state index contributed by atoms with van der Waals surface area (Å²) in [5, 5.41) is 17.1. The van der Waals surface area contributed by atoms with Crippen LogP contribution in [-0.2, 0) is 7.05 Å². The van der Waals surface area contributed by atoms with Crippen molar-refractivity contribution in [1.29, 1.82) is 0 Å². The van der Waals surface area contributed by atoms with Crippen LogP contribution in [0.25, 0.3) is 10.2 Å². The molecule has 42 heavy (non-hydrogen) atoms. The number of hydrogen-bond acceptors (Lipinski definition) is 10. The molecule has 2 fully saturated rings. The maximum absolute atomic E-state index is 13.4. The molecule has 6 rings (SSSR count). The smallest absolute Gasteiger partial charge is 0.268 e. The van der Waals surface area contributed by atoms with E-state index in [2.05, 4.69) is 27.1 Å². The average molecular weight is 626 g/mol. The number of nitrogen functional groups attached to an aromatic ring is 1. The number of pyridine rings is 1. The zero-order valence-corrected chi connectivity index (χ0v) is 25.7. The second-order valence-corrected chi connectivity index (χ2v) is 13.6. The molecule has 2 aliphatic rings. The van der Waals surface area contributed by atoms with Gasteiger partial charge in [0.15, 0.2) is 5.82 Å². The fourth-order valence-corrected chi connectivity index (χ4v) is 7.52. The first-order valence-electron chi connectivity index (χ1n) is 13.8. The molecule has 1 aromatic carbocycles. The summed E-state index contributed by atoms with van der Waals surface area (Å²) >= 11 is 9.34. The van der Waals surface area contributed by atoms with Crippen molar-refractivity contribution in [1.82, 2.24) is 14.5 Å². The lowest BCUT2D eigenvalue weighted by atomic mass is 9.80. The molecule has 6 N–H and O–H groups in total. The van der Waals surface area contributed by atoms with Crippen molar-refractivity contribution < 1.29 is 9.90 Å². The second-order valence-electron chi connectivity index (χ2n) is 11.3. The number of halogens is 1. The molecule has 4 heterocycles. The lowest BCUT2D eigenvalue weighted by Crippen LogP contribution is -2.42. The van der Waals surface area contributed by atoms with Crippen LogP contribution in [-0.4, -0.2) is 45.2 Å². The fourth-order valence-electron chi connectivity index (χ4n) is 5.30. The lowest BCUT2D eigenvalue weighted by molar-refractivity contribution is 0.102. The van der Waals surface area contributed by atoms with Gasteiger partial charge in [0, 0.05) is 25.0 Å². The molecule has 220 valence electrons. The number of amides is 1. The van der Waals surface area contributed by atoms with Crippen LogP contribution < -0.4 is 27.2 Å². The largest absolute Gasteiger partial charge is 0.506 e. The van der Waals surface area contributed by atoms with Gasteiger partial charge in [-0.1, -0.05) is 36.4 Å². The predicted octanol–water partition coefficient (Wildman–Crippen LogP) is 5.18. The zero-order chi connectivity index (χ0) is 29.8. The van der Waals surface area contributed by atoms with E-state index in [0.717, 1.165) is 50.2 Å². The Morgan fingerprint density at radius 2 is 2.05 bits per heavy atom. The highest BCUT2D eigenvalue weighted by Crippen LogP contribution is 2.48. The van der Waals surface area contributed by atoms with Gasteiger partial charge in [-0.05, 0) is 66.6 Å². The number of carbonyl (C=O) groups excluding carboxylic acids is 1. The highest BCUT2D eigenvalue weighted by atomic mass is 35.5.